The summed E-state index contributed by atoms with van der Waals surface area (Å²) in [4.78, 5) is 12.9. The van der Waals surface area contributed by atoms with Crippen LogP contribution in [0, 0.1) is 0 Å². The van der Waals surface area contributed by atoms with Crippen LogP contribution in [0.25, 0.3) is 0 Å². The van der Waals surface area contributed by atoms with Crippen molar-refractivity contribution >= 4 is 29.0 Å². The zero-order valence-electron chi connectivity index (χ0n) is 10.2. The lowest BCUT2D eigenvalue weighted by molar-refractivity contribution is -0.115. The highest BCUT2D eigenvalue weighted by atomic mass is 32.1. The summed E-state index contributed by atoms with van der Waals surface area (Å²) in [7, 11) is 3.62. The minimum Gasteiger partial charge on any atom is -0.432 e. The van der Waals surface area contributed by atoms with Gasteiger partial charge in [0.2, 0.25) is 5.91 Å². The van der Waals surface area contributed by atoms with E-state index in [0.29, 0.717) is 23.0 Å². The van der Waals surface area contributed by atoms with Gasteiger partial charge in [0.1, 0.15) is 5.75 Å². The van der Waals surface area contributed by atoms with Gasteiger partial charge in [-0.2, -0.15) is 0 Å². The molecule has 92 valence electrons. The third kappa shape index (κ3) is 4.40. The second-order valence-corrected chi connectivity index (χ2v) is 4.04. The third-order valence-electron chi connectivity index (χ3n) is 2.01. The van der Waals surface area contributed by atoms with Gasteiger partial charge in [-0.25, -0.2) is 0 Å². The lowest BCUT2D eigenvalue weighted by atomic mass is 10.3. The maximum absolute atomic E-state index is 11.2. The Balaban J connectivity index is 2.72. The Hall–Kier alpha value is -1.62. The van der Waals surface area contributed by atoms with E-state index in [2.05, 4.69) is 5.32 Å². The fourth-order valence-corrected chi connectivity index (χ4v) is 1.18. The number of anilines is 1. The van der Waals surface area contributed by atoms with Gasteiger partial charge in [0, 0.05) is 32.3 Å². The van der Waals surface area contributed by atoms with Gasteiger partial charge < -0.3 is 15.0 Å². The number of hydrogen-bond acceptors (Lipinski definition) is 3. The molecule has 0 radical (unpaired) electrons. The van der Waals surface area contributed by atoms with Crippen molar-refractivity contribution in [1.82, 2.24) is 4.90 Å². The molecule has 0 aromatic heterocycles. The SMILES string of the molecule is CCC(=O)Nc1cccc(OC(=S)N(C)C)c1. The Morgan fingerprint density at radius 3 is 2.76 bits per heavy atom. The van der Waals surface area contributed by atoms with Crippen LogP contribution in [0.5, 0.6) is 5.75 Å². The molecule has 1 N–H and O–H groups in total. The number of nitrogens with zero attached hydrogens (tertiary/aromatic N) is 1. The second kappa shape index (κ2) is 6.20. The molecule has 1 amide bonds. The second-order valence-electron chi connectivity index (χ2n) is 3.69. The van der Waals surface area contributed by atoms with Gasteiger partial charge in [0.15, 0.2) is 0 Å². The monoisotopic (exact) mass is 252 g/mol. The molecular formula is C12H16N2O2S. The van der Waals surface area contributed by atoms with Crippen LogP contribution in [0.15, 0.2) is 24.3 Å². The molecule has 0 spiro atoms. The number of benzene rings is 1. The van der Waals surface area contributed by atoms with E-state index in [9.17, 15) is 4.79 Å². The maximum atomic E-state index is 11.2. The summed E-state index contributed by atoms with van der Waals surface area (Å²) in [5.41, 5.74) is 0.705. The van der Waals surface area contributed by atoms with Gasteiger partial charge in [-0.15, -0.1) is 0 Å². The van der Waals surface area contributed by atoms with E-state index in [0.717, 1.165) is 0 Å². The van der Waals surface area contributed by atoms with Crippen molar-refractivity contribution in [1.29, 1.82) is 0 Å². The molecule has 0 atom stereocenters. The molecule has 4 nitrogen and oxygen atoms in total. The first-order valence-corrected chi connectivity index (χ1v) is 5.72. The highest BCUT2D eigenvalue weighted by molar-refractivity contribution is 7.80. The molecule has 1 rings (SSSR count). The Labute approximate surface area is 107 Å². The number of rotatable bonds is 3. The zero-order valence-corrected chi connectivity index (χ0v) is 11.0. The number of carbonyl (C=O) groups excluding carboxylic acids is 1. The lowest BCUT2D eigenvalue weighted by Crippen LogP contribution is -2.25. The van der Waals surface area contributed by atoms with Crippen molar-refractivity contribution < 1.29 is 9.53 Å². The summed E-state index contributed by atoms with van der Waals surface area (Å²) >= 11 is 5.03. The minimum atomic E-state index is -0.0302. The quantitative estimate of drug-likeness (QED) is 0.838. The highest BCUT2D eigenvalue weighted by Gasteiger charge is 2.04. The largest absolute Gasteiger partial charge is 0.432 e. The van der Waals surface area contributed by atoms with E-state index in [4.69, 9.17) is 17.0 Å². The predicted molar refractivity (Wildman–Crippen MR) is 72.3 cm³/mol. The first kappa shape index (κ1) is 13.4. The summed E-state index contributed by atoms with van der Waals surface area (Å²) in [6.45, 7) is 1.80. The normalized spacial score (nSPS) is 9.59. The Kier molecular flexibility index (Phi) is 4.90. The molecular weight excluding hydrogens is 236 g/mol. The van der Waals surface area contributed by atoms with E-state index >= 15 is 0 Å². The fourth-order valence-electron chi connectivity index (χ4n) is 1.08. The topological polar surface area (TPSA) is 41.6 Å². The molecule has 0 aliphatic heterocycles. The standard InChI is InChI=1S/C12H16N2O2S/c1-4-11(15)13-9-6-5-7-10(8-9)16-12(17)14(2)3/h5-8H,4H2,1-3H3,(H,13,15). The highest BCUT2D eigenvalue weighted by Crippen LogP contribution is 2.18. The minimum absolute atomic E-state index is 0.0302. The third-order valence-corrected chi connectivity index (χ3v) is 2.46. The van der Waals surface area contributed by atoms with Crippen LogP contribution < -0.4 is 10.1 Å². The van der Waals surface area contributed by atoms with Gasteiger partial charge in [-0.05, 0) is 24.4 Å². The Bertz CT molecular complexity index is 419. The van der Waals surface area contributed by atoms with Crippen LogP contribution in [-0.4, -0.2) is 30.1 Å². The summed E-state index contributed by atoms with van der Waals surface area (Å²) in [5.74, 6) is 0.579. The van der Waals surface area contributed by atoms with Gasteiger partial charge >= 0.3 is 0 Å². The van der Waals surface area contributed by atoms with Crippen LogP contribution in [-0.2, 0) is 4.79 Å². The van der Waals surface area contributed by atoms with Crippen molar-refractivity contribution in [3.8, 4) is 5.75 Å². The lowest BCUT2D eigenvalue weighted by Gasteiger charge is -2.14. The van der Waals surface area contributed by atoms with Gasteiger partial charge in [0.25, 0.3) is 5.17 Å². The molecule has 0 fully saturated rings. The van der Waals surface area contributed by atoms with E-state index in [-0.39, 0.29) is 5.91 Å². The summed E-state index contributed by atoms with van der Waals surface area (Å²) in [6, 6.07) is 7.14. The molecule has 0 heterocycles. The molecule has 0 bridgehead atoms. The van der Waals surface area contributed by atoms with Gasteiger partial charge in [-0.3, -0.25) is 4.79 Å². The van der Waals surface area contributed by atoms with Crippen LogP contribution in [0.2, 0.25) is 0 Å². The molecule has 0 aliphatic rings. The van der Waals surface area contributed by atoms with Gasteiger partial charge in [0.05, 0.1) is 0 Å². The van der Waals surface area contributed by atoms with E-state index in [1.165, 1.54) is 0 Å². The predicted octanol–water partition coefficient (Wildman–Crippen LogP) is 2.26. The van der Waals surface area contributed by atoms with Crippen molar-refractivity contribution in [3.05, 3.63) is 24.3 Å². The summed E-state index contributed by atoms with van der Waals surface area (Å²) in [5, 5.41) is 3.14. The first-order valence-electron chi connectivity index (χ1n) is 5.32. The zero-order chi connectivity index (χ0) is 12.8. The van der Waals surface area contributed by atoms with Crippen molar-refractivity contribution in [2.45, 2.75) is 13.3 Å². The number of carbonyl (C=O) groups is 1. The average molecular weight is 252 g/mol. The summed E-state index contributed by atoms with van der Waals surface area (Å²) < 4.78 is 5.44. The molecule has 0 unspecified atom stereocenters. The Morgan fingerprint density at radius 1 is 1.47 bits per heavy atom. The number of hydrogen-bond donors (Lipinski definition) is 1. The smallest absolute Gasteiger partial charge is 0.264 e. The van der Waals surface area contributed by atoms with Crippen molar-refractivity contribution in [2.75, 3.05) is 19.4 Å². The summed E-state index contributed by atoms with van der Waals surface area (Å²) in [6.07, 6.45) is 0.446. The number of amides is 1. The number of nitrogens with one attached hydrogen (secondary N) is 1. The van der Waals surface area contributed by atoms with Gasteiger partial charge in [-0.1, -0.05) is 13.0 Å². The fraction of sp³-hybridized carbons (Fsp3) is 0.333. The van der Waals surface area contributed by atoms with Crippen molar-refractivity contribution in [3.63, 3.8) is 0 Å². The molecule has 1 aromatic carbocycles. The number of thiocarbonyl (C=S) groups is 1. The van der Waals surface area contributed by atoms with Crippen LogP contribution in [0.1, 0.15) is 13.3 Å². The Morgan fingerprint density at radius 2 is 2.18 bits per heavy atom. The van der Waals surface area contributed by atoms with Crippen LogP contribution in [0.4, 0.5) is 5.69 Å². The van der Waals surface area contributed by atoms with Crippen molar-refractivity contribution in [2.24, 2.45) is 0 Å². The average Bonchev–Trinajstić information content (AvgIpc) is 2.29. The molecule has 0 aliphatic carbocycles. The first-order chi connectivity index (χ1) is 8.02. The molecule has 5 heteroatoms. The van der Waals surface area contributed by atoms with E-state index in [1.807, 2.05) is 14.1 Å². The van der Waals surface area contributed by atoms with E-state index in [1.54, 1.807) is 36.1 Å². The van der Waals surface area contributed by atoms with Crippen LogP contribution >= 0.6 is 12.2 Å². The molecule has 17 heavy (non-hydrogen) atoms. The van der Waals surface area contributed by atoms with E-state index < -0.39 is 0 Å². The number of ether oxygens (including phenoxy) is 1. The maximum Gasteiger partial charge on any atom is 0.264 e. The van der Waals surface area contributed by atoms with Crippen LogP contribution in [0.3, 0.4) is 0 Å². The molecule has 0 saturated heterocycles. The molecule has 1 aromatic rings. The molecule has 0 saturated carbocycles.